The number of likely N-dealkylation sites (N-methyl/N-ethyl adjacent to an activating group) is 1. The number of carbonyl (C=O) groups is 1. The van der Waals surface area contributed by atoms with Crippen LogP contribution in [-0.4, -0.2) is 60.0 Å². The minimum Gasteiger partial charge on any atom is -0.369 e. The lowest BCUT2D eigenvalue weighted by Crippen LogP contribution is -2.42. The molecular weight excluding hydrogens is 288 g/mol. The molecule has 1 aliphatic heterocycles. The largest absolute Gasteiger partial charge is 0.369 e. The summed E-state index contributed by atoms with van der Waals surface area (Å²) in [5, 5.41) is 3.56. The Morgan fingerprint density at radius 1 is 1.52 bits per heavy atom. The van der Waals surface area contributed by atoms with Crippen molar-refractivity contribution in [1.29, 1.82) is 0 Å². The van der Waals surface area contributed by atoms with Gasteiger partial charge in [-0.05, 0) is 39.9 Å². The van der Waals surface area contributed by atoms with Crippen LogP contribution < -0.4 is 5.32 Å². The van der Waals surface area contributed by atoms with E-state index in [1.165, 1.54) is 0 Å². The first-order valence-electron chi connectivity index (χ1n) is 7.41. The fraction of sp³-hybridized carbons (Fsp3) is 0.600. The van der Waals surface area contributed by atoms with E-state index in [9.17, 15) is 4.79 Å². The van der Waals surface area contributed by atoms with Gasteiger partial charge in [0.25, 0.3) is 5.91 Å². The van der Waals surface area contributed by atoms with Crippen molar-refractivity contribution in [2.45, 2.75) is 26.3 Å². The molecule has 0 radical (unpaired) electrons. The molecule has 6 heteroatoms. The van der Waals surface area contributed by atoms with Gasteiger partial charge in [-0.15, -0.1) is 0 Å². The van der Waals surface area contributed by atoms with E-state index in [0.29, 0.717) is 16.4 Å². The Morgan fingerprint density at radius 3 is 2.95 bits per heavy atom. The molecule has 1 atom stereocenters. The van der Waals surface area contributed by atoms with Gasteiger partial charge in [-0.25, -0.2) is 4.98 Å². The second-order valence-electron chi connectivity index (χ2n) is 5.55. The fourth-order valence-electron chi connectivity index (χ4n) is 2.69. The number of nitrogens with zero attached hydrogens (tertiary/aromatic N) is 3. The maximum Gasteiger partial charge on any atom is 0.255 e. The highest BCUT2D eigenvalue weighted by Crippen LogP contribution is 2.22. The number of aromatic nitrogens is 1. The van der Waals surface area contributed by atoms with E-state index >= 15 is 0 Å². The van der Waals surface area contributed by atoms with E-state index < -0.39 is 0 Å². The molecule has 5 nitrogen and oxygen atoms in total. The number of pyridine rings is 1. The Balaban J connectivity index is 2.17. The first kappa shape index (κ1) is 16.0. The number of halogens is 1. The molecule has 1 aromatic heterocycles. The van der Waals surface area contributed by atoms with Gasteiger partial charge in [0.1, 0.15) is 5.82 Å². The second-order valence-corrected chi connectivity index (χ2v) is 5.96. The lowest BCUT2D eigenvalue weighted by molar-refractivity contribution is 0.0696. The van der Waals surface area contributed by atoms with Gasteiger partial charge in [0.15, 0.2) is 0 Å². The predicted molar refractivity (Wildman–Crippen MR) is 86.0 cm³/mol. The number of amides is 1. The van der Waals surface area contributed by atoms with Gasteiger partial charge in [0.2, 0.25) is 0 Å². The fourth-order valence-corrected chi connectivity index (χ4v) is 2.93. The average Bonchev–Trinajstić information content (AvgIpc) is 2.61. The van der Waals surface area contributed by atoms with Crippen LogP contribution in [0.1, 0.15) is 30.6 Å². The van der Waals surface area contributed by atoms with Crippen molar-refractivity contribution in [3.8, 4) is 0 Å². The monoisotopic (exact) mass is 310 g/mol. The molecule has 0 aromatic carbocycles. The van der Waals surface area contributed by atoms with Crippen molar-refractivity contribution < 1.29 is 4.79 Å². The lowest BCUT2D eigenvalue weighted by atomic mass is 10.2. The molecule has 21 heavy (non-hydrogen) atoms. The number of hydrogen-bond donors (Lipinski definition) is 1. The van der Waals surface area contributed by atoms with Crippen LogP contribution in [0, 0.1) is 0 Å². The maximum absolute atomic E-state index is 12.7. The normalized spacial score (nSPS) is 20.2. The van der Waals surface area contributed by atoms with Crippen LogP contribution in [0.15, 0.2) is 12.3 Å². The van der Waals surface area contributed by atoms with Gasteiger partial charge in [-0.3, -0.25) is 4.79 Å². The van der Waals surface area contributed by atoms with Crippen molar-refractivity contribution in [2.75, 3.05) is 38.5 Å². The third-order valence-corrected chi connectivity index (χ3v) is 4.03. The summed E-state index contributed by atoms with van der Waals surface area (Å²) in [6.45, 7) is 7.50. The molecule has 0 saturated carbocycles. The molecule has 1 aromatic rings. The molecule has 1 fully saturated rings. The Morgan fingerprint density at radius 2 is 2.29 bits per heavy atom. The summed E-state index contributed by atoms with van der Waals surface area (Å²) >= 11 is 6.18. The molecule has 0 aliphatic carbocycles. The molecule has 0 spiro atoms. The quantitative estimate of drug-likeness (QED) is 0.931. The topological polar surface area (TPSA) is 48.5 Å². The number of anilines is 1. The summed E-state index contributed by atoms with van der Waals surface area (Å²) in [5.74, 6) is 0.634. The van der Waals surface area contributed by atoms with E-state index in [1.54, 1.807) is 12.3 Å². The molecular formula is C15H23ClN4O. The molecule has 116 valence electrons. The minimum atomic E-state index is 0.00949. The highest BCUT2D eigenvalue weighted by atomic mass is 35.5. The number of rotatable bonds is 3. The van der Waals surface area contributed by atoms with Crippen LogP contribution >= 0.6 is 11.6 Å². The molecule has 1 unspecified atom stereocenters. The van der Waals surface area contributed by atoms with Gasteiger partial charge >= 0.3 is 0 Å². The van der Waals surface area contributed by atoms with Gasteiger partial charge < -0.3 is 15.1 Å². The Bertz CT molecular complexity index is 508. The SMILES string of the molecule is CCNc1ncc(C(=O)N2CCCN(C)CC2C)cc1Cl. The van der Waals surface area contributed by atoms with E-state index in [-0.39, 0.29) is 11.9 Å². The van der Waals surface area contributed by atoms with Crippen molar-refractivity contribution in [3.63, 3.8) is 0 Å². The van der Waals surface area contributed by atoms with Crippen LogP contribution in [0.25, 0.3) is 0 Å². The number of hydrogen-bond acceptors (Lipinski definition) is 4. The molecule has 1 saturated heterocycles. The van der Waals surface area contributed by atoms with Crippen LogP contribution in [0.5, 0.6) is 0 Å². The molecule has 0 bridgehead atoms. The van der Waals surface area contributed by atoms with Gasteiger partial charge in [-0.1, -0.05) is 11.6 Å². The van der Waals surface area contributed by atoms with Crippen molar-refractivity contribution >= 4 is 23.3 Å². The smallest absolute Gasteiger partial charge is 0.255 e. The van der Waals surface area contributed by atoms with E-state index in [4.69, 9.17) is 11.6 Å². The summed E-state index contributed by atoms with van der Waals surface area (Å²) < 4.78 is 0. The van der Waals surface area contributed by atoms with Crippen LogP contribution in [-0.2, 0) is 0 Å². The summed E-state index contributed by atoms with van der Waals surface area (Å²) in [5.41, 5.74) is 0.554. The molecule has 1 N–H and O–H groups in total. The first-order chi connectivity index (χ1) is 10.0. The summed E-state index contributed by atoms with van der Waals surface area (Å²) in [6.07, 6.45) is 2.59. The summed E-state index contributed by atoms with van der Waals surface area (Å²) in [4.78, 5) is 21.1. The third-order valence-electron chi connectivity index (χ3n) is 3.74. The molecule has 2 heterocycles. The highest BCUT2D eigenvalue weighted by molar-refractivity contribution is 6.33. The Hall–Kier alpha value is -1.33. The Kier molecular flexibility index (Phi) is 5.42. The van der Waals surface area contributed by atoms with Crippen molar-refractivity contribution in [2.24, 2.45) is 0 Å². The van der Waals surface area contributed by atoms with Crippen molar-refractivity contribution in [3.05, 3.63) is 22.8 Å². The maximum atomic E-state index is 12.7. The van der Waals surface area contributed by atoms with Gasteiger partial charge in [0.05, 0.1) is 10.6 Å². The molecule has 2 rings (SSSR count). The first-order valence-corrected chi connectivity index (χ1v) is 7.79. The zero-order chi connectivity index (χ0) is 15.4. The average molecular weight is 311 g/mol. The predicted octanol–water partition coefficient (Wildman–Crippen LogP) is 2.33. The standard InChI is InChI=1S/C15H23ClN4O/c1-4-17-14-13(16)8-12(9-18-14)15(21)20-7-5-6-19(3)10-11(20)2/h8-9,11H,4-7,10H2,1-3H3,(H,17,18). The number of nitrogens with one attached hydrogen (secondary N) is 1. The zero-order valence-corrected chi connectivity index (χ0v) is 13.7. The van der Waals surface area contributed by atoms with Crippen LogP contribution in [0.2, 0.25) is 5.02 Å². The van der Waals surface area contributed by atoms with Crippen LogP contribution in [0.3, 0.4) is 0 Å². The van der Waals surface area contributed by atoms with E-state index in [2.05, 4.69) is 29.2 Å². The Labute approximate surface area is 131 Å². The zero-order valence-electron chi connectivity index (χ0n) is 12.9. The van der Waals surface area contributed by atoms with Crippen molar-refractivity contribution in [1.82, 2.24) is 14.8 Å². The van der Waals surface area contributed by atoms with E-state index in [1.807, 2.05) is 11.8 Å². The van der Waals surface area contributed by atoms with Gasteiger partial charge in [-0.2, -0.15) is 0 Å². The lowest BCUT2D eigenvalue weighted by Gasteiger charge is -2.28. The summed E-state index contributed by atoms with van der Waals surface area (Å²) in [7, 11) is 2.09. The highest BCUT2D eigenvalue weighted by Gasteiger charge is 2.25. The van der Waals surface area contributed by atoms with E-state index in [0.717, 1.165) is 32.6 Å². The number of carbonyl (C=O) groups excluding carboxylic acids is 1. The van der Waals surface area contributed by atoms with Crippen LogP contribution in [0.4, 0.5) is 5.82 Å². The third kappa shape index (κ3) is 3.86. The minimum absolute atomic E-state index is 0.00949. The summed E-state index contributed by atoms with van der Waals surface area (Å²) in [6, 6.07) is 1.90. The molecule has 1 amide bonds. The molecule has 1 aliphatic rings. The van der Waals surface area contributed by atoms with Gasteiger partial charge in [0, 0.05) is 31.9 Å². The second kappa shape index (κ2) is 7.09.